The summed E-state index contributed by atoms with van der Waals surface area (Å²) in [6.45, 7) is 4.10. The molecule has 20 heavy (non-hydrogen) atoms. The molecule has 0 aliphatic rings. The SMILES string of the molecule is CCc1cnc(C(C)Nc2ccc(C(=O)O)cc2N)s1. The van der Waals surface area contributed by atoms with E-state index in [2.05, 4.69) is 17.2 Å². The lowest BCUT2D eigenvalue weighted by Crippen LogP contribution is -2.09. The van der Waals surface area contributed by atoms with Crippen molar-refractivity contribution in [2.24, 2.45) is 0 Å². The van der Waals surface area contributed by atoms with Gasteiger partial charge in [0.1, 0.15) is 5.01 Å². The van der Waals surface area contributed by atoms with Gasteiger partial charge in [0.2, 0.25) is 0 Å². The quantitative estimate of drug-likeness (QED) is 0.736. The number of nitrogen functional groups attached to an aromatic ring is 1. The van der Waals surface area contributed by atoms with Crippen molar-refractivity contribution >= 4 is 28.7 Å². The number of hydrogen-bond donors (Lipinski definition) is 3. The van der Waals surface area contributed by atoms with Crippen molar-refractivity contribution < 1.29 is 9.90 Å². The Hall–Kier alpha value is -2.08. The van der Waals surface area contributed by atoms with E-state index in [4.69, 9.17) is 10.8 Å². The van der Waals surface area contributed by atoms with E-state index in [1.807, 2.05) is 13.1 Å². The number of nitrogens with two attached hydrogens (primary N) is 1. The van der Waals surface area contributed by atoms with E-state index in [0.717, 1.165) is 17.1 Å². The van der Waals surface area contributed by atoms with Crippen LogP contribution < -0.4 is 11.1 Å². The molecule has 6 heteroatoms. The van der Waals surface area contributed by atoms with Crippen molar-refractivity contribution in [2.75, 3.05) is 11.1 Å². The number of anilines is 2. The molecule has 1 aromatic heterocycles. The maximum atomic E-state index is 10.9. The number of benzene rings is 1. The van der Waals surface area contributed by atoms with E-state index in [-0.39, 0.29) is 11.6 Å². The van der Waals surface area contributed by atoms with Crippen LogP contribution in [0, 0.1) is 0 Å². The summed E-state index contributed by atoms with van der Waals surface area (Å²) in [4.78, 5) is 16.5. The Morgan fingerprint density at radius 3 is 2.85 bits per heavy atom. The van der Waals surface area contributed by atoms with Crippen LogP contribution in [0.25, 0.3) is 0 Å². The summed E-state index contributed by atoms with van der Waals surface area (Å²) >= 11 is 1.67. The Kier molecular flexibility index (Phi) is 4.24. The molecule has 5 nitrogen and oxygen atoms in total. The minimum absolute atomic E-state index is 0.0262. The number of nitrogens with zero attached hydrogens (tertiary/aromatic N) is 1. The number of carboxylic acids is 1. The molecule has 1 atom stereocenters. The van der Waals surface area contributed by atoms with Crippen LogP contribution in [0.5, 0.6) is 0 Å². The number of aryl methyl sites for hydroxylation is 1. The molecule has 2 aromatic rings. The molecule has 1 heterocycles. The predicted molar refractivity (Wildman–Crippen MR) is 81.3 cm³/mol. The van der Waals surface area contributed by atoms with Crippen molar-refractivity contribution in [1.82, 2.24) is 4.98 Å². The summed E-state index contributed by atoms with van der Waals surface area (Å²) in [6.07, 6.45) is 2.86. The van der Waals surface area contributed by atoms with Gasteiger partial charge in [0, 0.05) is 11.1 Å². The van der Waals surface area contributed by atoms with Crippen molar-refractivity contribution in [3.05, 3.63) is 39.8 Å². The third-order valence-corrected chi connectivity index (χ3v) is 4.29. The first-order chi connectivity index (χ1) is 9.51. The number of carbonyl (C=O) groups is 1. The largest absolute Gasteiger partial charge is 0.478 e. The molecule has 1 aromatic carbocycles. The van der Waals surface area contributed by atoms with E-state index in [0.29, 0.717) is 5.69 Å². The summed E-state index contributed by atoms with van der Waals surface area (Å²) in [5.74, 6) is -0.983. The van der Waals surface area contributed by atoms with Crippen LogP contribution >= 0.6 is 11.3 Å². The first kappa shape index (κ1) is 14.3. The highest BCUT2D eigenvalue weighted by Gasteiger charge is 2.12. The Morgan fingerprint density at radius 2 is 2.30 bits per heavy atom. The molecule has 0 spiro atoms. The van der Waals surface area contributed by atoms with Gasteiger partial charge in [0.15, 0.2) is 0 Å². The van der Waals surface area contributed by atoms with Crippen molar-refractivity contribution in [1.29, 1.82) is 0 Å². The molecule has 2 rings (SSSR count). The fourth-order valence-electron chi connectivity index (χ4n) is 1.81. The number of hydrogen-bond acceptors (Lipinski definition) is 5. The summed E-state index contributed by atoms with van der Waals surface area (Å²) in [5, 5.41) is 13.2. The molecule has 0 radical (unpaired) electrons. The smallest absolute Gasteiger partial charge is 0.335 e. The van der Waals surface area contributed by atoms with Gasteiger partial charge in [-0.25, -0.2) is 9.78 Å². The van der Waals surface area contributed by atoms with E-state index in [1.165, 1.54) is 17.0 Å². The minimum atomic E-state index is -0.983. The van der Waals surface area contributed by atoms with Gasteiger partial charge in [-0.05, 0) is 31.5 Å². The van der Waals surface area contributed by atoms with E-state index < -0.39 is 5.97 Å². The zero-order valence-corrected chi connectivity index (χ0v) is 12.2. The van der Waals surface area contributed by atoms with Gasteiger partial charge >= 0.3 is 5.97 Å². The first-order valence-corrected chi connectivity index (χ1v) is 7.17. The van der Waals surface area contributed by atoms with Gasteiger partial charge in [-0.2, -0.15) is 0 Å². The average molecular weight is 291 g/mol. The summed E-state index contributed by atoms with van der Waals surface area (Å²) in [7, 11) is 0. The zero-order chi connectivity index (χ0) is 14.7. The number of nitrogens with one attached hydrogen (secondary N) is 1. The van der Waals surface area contributed by atoms with Gasteiger partial charge in [0.05, 0.1) is 23.0 Å². The molecule has 0 saturated heterocycles. The summed E-state index contributed by atoms with van der Waals surface area (Å²) in [6, 6.07) is 4.70. The lowest BCUT2D eigenvalue weighted by Gasteiger charge is -2.15. The number of carboxylic acid groups (broad SMARTS) is 1. The Morgan fingerprint density at radius 1 is 1.55 bits per heavy atom. The number of aromatic carboxylic acids is 1. The summed E-state index contributed by atoms with van der Waals surface area (Å²) < 4.78 is 0. The van der Waals surface area contributed by atoms with Gasteiger partial charge in [-0.1, -0.05) is 6.92 Å². The highest BCUT2D eigenvalue weighted by Crippen LogP contribution is 2.27. The molecule has 0 fully saturated rings. The van der Waals surface area contributed by atoms with E-state index in [9.17, 15) is 4.79 Å². The molecule has 1 unspecified atom stereocenters. The second kappa shape index (κ2) is 5.92. The highest BCUT2D eigenvalue weighted by atomic mass is 32.1. The van der Waals surface area contributed by atoms with E-state index >= 15 is 0 Å². The second-order valence-electron chi connectivity index (χ2n) is 4.49. The van der Waals surface area contributed by atoms with Crippen LogP contribution in [-0.2, 0) is 6.42 Å². The molecule has 0 amide bonds. The molecular formula is C14H17N3O2S. The maximum absolute atomic E-state index is 10.9. The zero-order valence-electron chi connectivity index (χ0n) is 11.4. The van der Waals surface area contributed by atoms with Crippen molar-refractivity contribution in [2.45, 2.75) is 26.3 Å². The lowest BCUT2D eigenvalue weighted by molar-refractivity contribution is 0.0697. The number of aromatic nitrogens is 1. The number of rotatable bonds is 5. The molecule has 106 valence electrons. The van der Waals surface area contributed by atoms with E-state index in [1.54, 1.807) is 17.4 Å². The second-order valence-corrected chi connectivity index (χ2v) is 5.64. The van der Waals surface area contributed by atoms with Gasteiger partial charge in [-0.3, -0.25) is 0 Å². The van der Waals surface area contributed by atoms with Crippen LogP contribution in [0.15, 0.2) is 24.4 Å². The molecule has 4 N–H and O–H groups in total. The fourth-order valence-corrected chi connectivity index (χ4v) is 2.67. The summed E-state index contributed by atoms with van der Waals surface area (Å²) in [5.41, 5.74) is 7.20. The normalized spacial score (nSPS) is 12.1. The average Bonchev–Trinajstić information content (AvgIpc) is 2.89. The molecule has 0 bridgehead atoms. The van der Waals surface area contributed by atoms with Crippen LogP contribution in [0.4, 0.5) is 11.4 Å². The predicted octanol–water partition coefficient (Wildman–Crippen LogP) is 3.16. The topological polar surface area (TPSA) is 88.2 Å². The standard InChI is InChI=1S/C14H17N3O2S/c1-3-10-7-16-13(20-10)8(2)17-12-5-4-9(14(18)19)6-11(12)15/h4-8,17H,3,15H2,1-2H3,(H,18,19). The number of thiazole rings is 1. The Labute approximate surface area is 121 Å². The van der Waals surface area contributed by atoms with Gasteiger partial charge in [-0.15, -0.1) is 11.3 Å². The van der Waals surface area contributed by atoms with Crippen LogP contribution in [0.3, 0.4) is 0 Å². The maximum Gasteiger partial charge on any atom is 0.335 e. The molecular weight excluding hydrogens is 274 g/mol. The molecule has 0 aliphatic carbocycles. The van der Waals surface area contributed by atoms with Gasteiger partial charge in [0.25, 0.3) is 0 Å². The van der Waals surface area contributed by atoms with Crippen molar-refractivity contribution in [3.8, 4) is 0 Å². The highest BCUT2D eigenvalue weighted by molar-refractivity contribution is 7.11. The molecule has 0 aliphatic heterocycles. The molecule has 0 saturated carbocycles. The van der Waals surface area contributed by atoms with Crippen molar-refractivity contribution in [3.63, 3.8) is 0 Å². The van der Waals surface area contributed by atoms with Crippen LogP contribution in [0.1, 0.15) is 40.1 Å². The lowest BCUT2D eigenvalue weighted by atomic mass is 10.1. The monoisotopic (exact) mass is 291 g/mol. The van der Waals surface area contributed by atoms with Crippen LogP contribution in [0.2, 0.25) is 0 Å². The first-order valence-electron chi connectivity index (χ1n) is 6.35. The third kappa shape index (κ3) is 3.08. The van der Waals surface area contributed by atoms with Gasteiger partial charge < -0.3 is 16.2 Å². The Bertz CT molecular complexity index is 625. The Balaban J connectivity index is 2.15. The minimum Gasteiger partial charge on any atom is -0.478 e. The third-order valence-electron chi connectivity index (χ3n) is 2.96. The fraction of sp³-hybridized carbons (Fsp3) is 0.286. The van der Waals surface area contributed by atoms with Crippen LogP contribution in [-0.4, -0.2) is 16.1 Å².